The number of aromatic amines is 1. The summed E-state index contributed by atoms with van der Waals surface area (Å²) in [5, 5.41) is 0.460. The number of H-pyrrole nitrogens is 1. The topological polar surface area (TPSA) is 72.1 Å². The molecular formula is C6H10N2O3S2. The van der Waals surface area contributed by atoms with Gasteiger partial charge in [0.1, 0.15) is 0 Å². The van der Waals surface area contributed by atoms with Crippen molar-refractivity contribution in [2.45, 2.75) is 18.4 Å². The molecule has 5 nitrogen and oxygen atoms in total. The summed E-state index contributed by atoms with van der Waals surface area (Å²) in [6, 6.07) is -0.0431. The summed E-state index contributed by atoms with van der Waals surface area (Å²) in [4.78, 5) is 6.19. The van der Waals surface area contributed by atoms with Crippen LogP contribution in [0.2, 0.25) is 0 Å². The van der Waals surface area contributed by atoms with Crippen LogP contribution in [0.5, 0.6) is 6.01 Å². The monoisotopic (exact) mass is 222 g/mol. The van der Waals surface area contributed by atoms with Crippen molar-refractivity contribution in [2.75, 3.05) is 5.75 Å². The van der Waals surface area contributed by atoms with Crippen LogP contribution in [0.15, 0.2) is 11.2 Å². The highest BCUT2D eigenvalue weighted by molar-refractivity contribution is 7.87. The van der Waals surface area contributed by atoms with Crippen LogP contribution in [-0.2, 0) is 10.1 Å². The van der Waals surface area contributed by atoms with Crippen molar-refractivity contribution in [3.63, 3.8) is 0 Å². The third-order valence-electron chi connectivity index (χ3n) is 1.20. The van der Waals surface area contributed by atoms with E-state index in [0.717, 1.165) is 0 Å². The first-order valence-corrected chi connectivity index (χ1v) is 5.72. The Labute approximate surface area is 82.1 Å². The van der Waals surface area contributed by atoms with E-state index in [1.165, 1.54) is 6.20 Å². The van der Waals surface area contributed by atoms with Gasteiger partial charge in [0.25, 0.3) is 0 Å². The molecule has 0 aliphatic carbocycles. The van der Waals surface area contributed by atoms with E-state index in [1.807, 2.05) is 0 Å². The van der Waals surface area contributed by atoms with Crippen molar-refractivity contribution in [1.29, 1.82) is 0 Å². The van der Waals surface area contributed by atoms with Gasteiger partial charge in [-0.25, -0.2) is 4.98 Å². The molecule has 1 heterocycles. The fourth-order valence-corrected chi connectivity index (χ4v) is 1.81. The van der Waals surface area contributed by atoms with Crippen LogP contribution in [0, 0.1) is 0 Å². The summed E-state index contributed by atoms with van der Waals surface area (Å²) < 4.78 is 26.8. The zero-order valence-electron chi connectivity index (χ0n) is 7.02. The van der Waals surface area contributed by atoms with Crippen molar-refractivity contribution in [2.24, 2.45) is 0 Å². The molecule has 0 aliphatic heterocycles. The molecule has 1 N–H and O–H groups in total. The summed E-state index contributed by atoms with van der Waals surface area (Å²) >= 11 is 3.91. The van der Waals surface area contributed by atoms with Crippen LogP contribution in [-0.4, -0.2) is 24.1 Å². The van der Waals surface area contributed by atoms with E-state index in [9.17, 15) is 8.42 Å². The fourth-order valence-electron chi connectivity index (χ4n) is 0.748. The molecule has 0 fully saturated rings. The van der Waals surface area contributed by atoms with E-state index in [1.54, 1.807) is 6.92 Å². The molecule has 0 atom stereocenters. The second-order valence-electron chi connectivity index (χ2n) is 2.42. The van der Waals surface area contributed by atoms with Gasteiger partial charge < -0.3 is 9.17 Å². The van der Waals surface area contributed by atoms with Crippen LogP contribution in [0.1, 0.15) is 13.3 Å². The van der Waals surface area contributed by atoms with Gasteiger partial charge in [0.05, 0.1) is 17.0 Å². The van der Waals surface area contributed by atoms with Crippen LogP contribution < -0.4 is 4.18 Å². The SMILES string of the molecule is CCCS(=O)(=O)Oc1ncc(S)[nH]1. The van der Waals surface area contributed by atoms with Crippen LogP contribution in [0.3, 0.4) is 0 Å². The molecule has 0 saturated heterocycles. The number of imidazole rings is 1. The molecule has 0 saturated carbocycles. The zero-order chi connectivity index (χ0) is 9.90. The Balaban J connectivity index is 2.69. The maximum absolute atomic E-state index is 11.1. The van der Waals surface area contributed by atoms with Gasteiger partial charge >= 0.3 is 16.1 Å². The molecule has 7 heteroatoms. The number of nitrogens with one attached hydrogen (secondary N) is 1. The number of hydrogen-bond donors (Lipinski definition) is 2. The molecule has 74 valence electrons. The van der Waals surface area contributed by atoms with E-state index in [0.29, 0.717) is 11.4 Å². The third-order valence-corrected chi connectivity index (χ3v) is 2.75. The number of thiol groups is 1. The molecular weight excluding hydrogens is 212 g/mol. The minimum Gasteiger partial charge on any atom is -0.345 e. The molecule has 0 amide bonds. The van der Waals surface area contributed by atoms with Gasteiger partial charge in [-0.1, -0.05) is 6.92 Å². The first-order chi connectivity index (χ1) is 6.03. The lowest BCUT2D eigenvalue weighted by molar-refractivity contribution is 0.465. The van der Waals surface area contributed by atoms with Crippen LogP contribution in [0.4, 0.5) is 0 Å². The number of nitrogens with zero attached hydrogens (tertiary/aromatic N) is 1. The average Bonchev–Trinajstić information content (AvgIpc) is 2.34. The molecule has 1 rings (SSSR count). The Morgan fingerprint density at radius 1 is 1.69 bits per heavy atom. The zero-order valence-corrected chi connectivity index (χ0v) is 8.73. The number of hydrogen-bond acceptors (Lipinski definition) is 5. The average molecular weight is 222 g/mol. The highest BCUT2D eigenvalue weighted by atomic mass is 32.2. The van der Waals surface area contributed by atoms with E-state index in [-0.39, 0.29) is 11.8 Å². The van der Waals surface area contributed by atoms with Crippen molar-refractivity contribution < 1.29 is 12.6 Å². The maximum Gasteiger partial charge on any atom is 0.311 e. The summed E-state index contributed by atoms with van der Waals surface area (Å²) in [5.74, 6) is -0.0182. The Morgan fingerprint density at radius 2 is 2.38 bits per heavy atom. The van der Waals surface area contributed by atoms with E-state index in [4.69, 9.17) is 0 Å². The third kappa shape index (κ3) is 3.27. The predicted molar refractivity (Wildman–Crippen MR) is 50.5 cm³/mol. The van der Waals surface area contributed by atoms with Crippen LogP contribution >= 0.6 is 12.6 Å². The predicted octanol–water partition coefficient (Wildman–Crippen LogP) is 0.817. The largest absolute Gasteiger partial charge is 0.345 e. The first-order valence-electron chi connectivity index (χ1n) is 3.69. The van der Waals surface area contributed by atoms with Crippen molar-refractivity contribution in [1.82, 2.24) is 9.97 Å². The van der Waals surface area contributed by atoms with Gasteiger partial charge in [0, 0.05) is 0 Å². The lowest BCUT2D eigenvalue weighted by atomic mass is 10.6. The molecule has 0 unspecified atom stereocenters. The van der Waals surface area contributed by atoms with Crippen molar-refractivity contribution >= 4 is 22.7 Å². The van der Waals surface area contributed by atoms with Gasteiger partial charge in [0.15, 0.2) is 0 Å². The second-order valence-corrected chi connectivity index (χ2v) is 4.59. The lowest BCUT2D eigenvalue weighted by Crippen LogP contribution is -2.13. The van der Waals surface area contributed by atoms with Gasteiger partial charge in [-0.2, -0.15) is 8.42 Å². The number of aromatic nitrogens is 2. The minimum absolute atomic E-state index is 0.0182. The highest BCUT2D eigenvalue weighted by Gasteiger charge is 2.12. The van der Waals surface area contributed by atoms with E-state index < -0.39 is 10.1 Å². The quantitative estimate of drug-likeness (QED) is 0.584. The Bertz CT molecular complexity index is 371. The standard InChI is InChI=1S/C6H10N2O3S2/c1-2-3-13(9,10)11-6-7-4-5(12)8-6/h4,12H,2-3H2,1H3,(H,7,8). The summed E-state index contributed by atoms with van der Waals surface area (Å²) in [6.07, 6.45) is 1.89. The molecule has 1 aromatic heterocycles. The van der Waals surface area contributed by atoms with Gasteiger partial charge in [0.2, 0.25) is 0 Å². The second kappa shape index (κ2) is 4.01. The molecule has 0 radical (unpaired) electrons. The molecule has 0 spiro atoms. The Hall–Kier alpha value is -0.690. The van der Waals surface area contributed by atoms with Crippen LogP contribution in [0.25, 0.3) is 0 Å². The van der Waals surface area contributed by atoms with Crippen molar-refractivity contribution in [3.8, 4) is 6.01 Å². The molecule has 1 aromatic rings. The molecule has 13 heavy (non-hydrogen) atoms. The normalized spacial score (nSPS) is 11.5. The molecule has 0 aliphatic rings. The number of rotatable bonds is 4. The van der Waals surface area contributed by atoms with E-state index >= 15 is 0 Å². The minimum atomic E-state index is -3.50. The smallest absolute Gasteiger partial charge is 0.311 e. The van der Waals surface area contributed by atoms with E-state index in [2.05, 4.69) is 26.8 Å². The summed E-state index contributed by atoms with van der Waals surface area (Å²) in [7, 11) is -3.50. The van der Waals surface area contributed by atoms with Gasteiger partial charge in [-0.15, -0.1) is 12.6 Å². The van der Waals surface area contributed by atoms with Gasteiger partial charge in [-0.05, 0) is 6.42 Å². The summed E-state index contributed by atoms with van der Waals surface area (Å²) in [6.45, 7) is 1.76. The fraction of sp³-hybridized carbons (Fsp3) is 0.500. The van der Waals surface area contributed by atoms with Gasteiger partial charge in [-0.3, -0.25) is 0 Å². The first kappa shape index (κ1) is 10.4. The maximum atomic E-state index is 11.1. The highest BCUT2D eigenvalue weighted by Crippen LogP contribution is 2.10. The summed E-state index contributed by atoms with van der Waals surface area (Å²) in [5.41, 5.74) is 0. The lowest BCUT2D eigenvalue weighted by Gasteiger charge is -2.00. The Kier molecular flexibility index (Phi) is 3.21. The molecule has 0 aromatic carbocycles. The van der Waals surface area contributed by atoms with Crippen molar-refractivity contribution in [3.05, 3.63) is 6.20 Å². The molecule has 0 bridgehead atoms. The Morgan fingerprint density at radius 3 is 2.85 bits per heavy atom.